The van der Waals surface area contributed by atoms with Crippen molar-refractivity contribution in [2.45, 2.75) is 52.8 Å². The van der Waals surface area contributed by atoms with E-state index in [0.29, 0.717) is 53.8 Å². The first-order valence-electron chi connectivity index (χ1n) is 14.1. The van der Waals surface area contributed by atoms with Gasteiger partial charge in [0.05, 0.1) is 26.2 Å². The number of anilines is 2. The molecule has 42 heavy (non-hydrogen) atoms. The SMILES string of the molecule is COc1ccc(CN(C)C[C@@H]2Oc3ccc(NC(=O)Nc4c(C)noc4C)cc3CC(=O)N([C@@H](C)CO)C[C@@H]2C)cc1. The van der Waals surface area contributed by atoms with Gasteiger partial charge in [-0.2, -0.15) is 0 Å². The summed E-state index contributed by atoms with van der Waals surface area (Å²) in [5.41, 5.74) is 3.40. The van der Waals surface area contributed by atoms with Crippen LogP contribution in [0, 0.1) is 19.8 Å². The van der Waals surface area contributed by atoms with Gasteiger partial charge >= 0.3 is 6.03 Å². The van der Waals surface area contributed by atoms with Crippen LogP contribution in [0.1, 0.15) is 36.4 Å². The summed E-state index contributed by atoms with van der Waals surface area (Å²) >= 11 is 0. The molecule has 1 aliphatic rings. The highest BCUT2D eigenvalue weighted by Crippen LogP contribution is 2.30. The Morgan fingerprint density at radius 1 is 1.21 bits per heavy atom. The van der Waals surface area contributed by atoms with Crippen LogP contribution in [0.15, 0.2) is 47.0 Å². The second-order valence-electron chi connectivity index (χ2n) is 11.0. The summed E-state index contributed by atoms with van der Waals surface area (Å²) in [4.78, 5) is 30.1. The Balaban J connectivity index is 1.56. The van der Waals surface area contributed by atoms with Gasteiger partial charge in [-0.1, -0.05) is 24.2 Å². The van der Waals surface area contributed by atoms with Crippen LogP contribution < -0.4 is 20.1 Å². The van der Waals surface area contributed by atoms with Gasteiger partial charge in [-0.05, 0) is 63.7 Å². The number of hydrogen-bond donors (Lipinski definition) is 3. The number of methoxy groups -OCH3 is 1. The molecular formula is C31H41N5O6. The van der Waals surface area contributed by atoms with Crippen LogP contribution in [0.4, 0.5) is 16.2 Å². The highest BCUT2D eigenvalue weighted by atomic mass is 16.5. The van der Waals surface area contributed by atoms with Gasteiger partial charge in [0.15, 0.2) is 5.76 Å². The normalized spacial score (nSPS) is 17.9. The predicted octanol–water partition coefficient (Wildman–Crippen LogP) is 4.23. The van der Waals surface area contributed by atoms with E-state index < -0.39 is 6.03 Å². The second kappa shape index (κ2) is 13.7. The average molecular weight is 580 g/mol. The number of fused-ring (bicyclic) bond motifs is 1. The third-order valence-corrected chi connectivity index (χ3v) is 7.55. The number of ether oxygens (including phenoxy) is 2. The van der Waals surface area contributed by atoms with Crippen molar-refractivity contribution in [3.05, 3.63) is 65.0 Å². The van der Waals surface area contributed by atoms with Crippen LogP contribution in [0.25, 0.3) is 0 Å². The summed E-state index contributed by atoms with van der Waals surface area (Å²) in [6, 6.07) is 12.5. The van der Waals surface area contributed by atoms with E-state index in [-0.39, 0.29) is 37.0 Å². The van der Waals surface area contributed by atoms with Gasteiger partial charge in [-0.3, -0.25) is 9.69 Å². The molecule has 0 fully saturated rings. The number of benzene rings is 2. The quantitative estimate of drug-likeness (QED) is 0.344. The van der Waals surface area contributed by atoms with E-state index in [2.05, 4.69) is 27.6 Å². The summed E-state index contributed by atoms with van der Waals surface area (Å²) in [6.07, 6.45) is -0.171. The van der Waals surface area contributed by atoms with E-state index in [9.17, 15) is 14.7 Å². The van der Waals surface area contributed by atoms with Gasteiger partial charge in [0.25, 0.3) is 0 Å². The van der Waals surface area contributed by atoms with Gasteiger partial charge in [0.1, 0.15) is 29.0 Å². The number of aromatic nitrogens is 1. The number of nitrogens with one attached hydrogen (secondary N) is 2. The predicted molar refractivity (Wildman–Crippen MR) is 160 cm³/mol. The fourth-order valence-electron chi connectivity index (χ4n) is 5.08. The molecule has 0 unspecified atom stereocenters. The highest BCUT2D eigenvalue weighted by molar-refractivity contribution is 6.00. The van der Waals surface area contributed by atoms with Crippen molar-refractivity contribution in [3.8, 4) is 11.5 Å². The minimum absolute atomic E-state index is 0.0224. The van der Waals surface area contributed by atoms with Crippen molar-refractivity contribution in [3.63, 3.8) is 0 Å². The van der Waals surface area contributed by atoms with Crippen LogP contribution in [0.2, 0.25) is 0 Å². The molecule has 4 rings (SSSR count). The van der Waals surface area contributed by atoms with Crippen molar-refractivity contribution in [1.29, 1.82) is 0 Å². The molecule has 0 saturated heterocycles. The second-order valence-corrected chi connectivity index (χ2v) is 11.0. The summed E-state index contributed by atoms with van der Waals surface area (Å²) in [6.45, 7) is 9.00. The summed E-state index contributed by atoms with van der Waals surface area (Å²) < 4.78 is 17.0. The molecule has 3 atom stereocenters. The van der Waals surface area contributed by atoms with Crippen LogP contribution >= 0.6 is 0 Å². The maximum Gasteiger partial charge on any atom is 0.323 e. The molecule has 0 bridgehead atoms. The average Bonchev–Trinajstić information content (AvgIpc) is 3.29. The molecule has 0 aliphatic carbocycles. The number of nitrogens with zero attached hydrogens (tertiary/aromatic N) is 3. The van der Waals surface area contributed by atoms with Crippen LogP contribution in [0.3, 0.4) is 0 Å². The van der Waals surface area contributed by atoms with Crippen LogP contribution in [-0.2, 0) is 17.8 Å². The van der Waals surface area contributed by atoms with Crippen molar-refractivity contribution in [2.75, 3.05) is 44.5 Å². The fraction of sp³-hybridized carbons (Fsp3) is 0.452. The van der Waals surface area contributed by atoms with Gasteiger partial charge in [0.2, 0.25) is 5.91 Å². The lowest BCUT2D eigenvalue weighted by atomic mass is 10.0. The lowest BCUT2D eigenvalue weighted by molar-refractivity contribution is -0.134. The largest absolute Gasteiger partial charge is 0.497 e. The molecule has 2 heterocycles. The van der Waals surface area contributed by atoms with Crippen molar-refractivity contribution in [1.82, 2.24) is 15.0 Å². The highest BCUT2D eigenvalue weighted by Gasteiger charge is 2.31. The van der Waals surface area contributed by atoms with Crippen molar-refractivity contribution < 1.29 is 28.7 Å². The summed E-state index contributed by atoms with van der Waals surface area (Å²) in [7, 11) is 3.69. The molecule has 3 amide bonds. The first kappa shape index (κ1) is 30.9. The Kier molecular flexibility index (Phi) is 10.1. The maximum atomic E-state index is 13.5. The van der Waals surface area contributed by atoms with E-state index in [4.69, 9.17) is 14.0 Å². The molecule has 11 heteroatoms. The smallest absolute Gasteiger partial charge is 0.323 e. The summed E-state index contributed by atoms with van der Waals surface area (Å²) in [5.74, 6) is 1.77. The topological polar surface area (TPSA) is 129 Å². The molecule has 3 N–H and O–H groups in total. The van der Waals surface area contributed by atoms with Crippen molar-refractivity contribution >= 4 is 23.3 Å². The molecule has 226 valence electrons. The Morgan fingerprint density at radius 2 is 1.95 bits per heavy atom. The molecule has 11 nitrogen and oxygen atoms in total. The first-order valence-corrected chi connectivity index (χ1v) is 14.1. The molecule has 2 aromatic carbocycles. The van der Waals surface area contributed by atoms with Crippen LogP contribution in [-0.4, -0.2) is 78.0 Å². The fourth-order valence-corrected chi connectivity index (χ4v) is 5.08. The van der Waals surface area contributed by atoms with E-state index >= 15 is 0 Å². The zero-order chi connectivity index (χ0) is 30.4. The number of aliphatic hydroxyl groups excluding tert-OH is 1. The maximum absolute atomic E-state index is 13.5. The lowest BCUT2D eigenvalue weighted by Gasteiger charge is -2.34. The van der Waals surface area contributed by atoms with E-state index in [1.807, 2.05) is 38.2 Å². The number of aliphatic hydroxyl groups is 1. The van der Waals surface area contributed by atoms with Gasteiger partial charge in [-0.15, -0.1) is 0 Å². The third kappa shape index (κ3) is 7.59. The van der Waals surface area contributed by atoms with Gasteiger partial charge in [0, 0.05) is 36.8 Å². The Bertz CT molecular complexity index is 1360. The van der Waals surface area contributed by atoms with Gasteiger partial charge in [-0.25, -0.2) is 4.79 Å². The lowest BCUT2D eigenvalue weighted by Crippen LogP contribution is -2.47. The van der Waals surface area contributed by atoms with E-state index in [1.165, 1.54) is 0 Å². The summed E-state index contributed by atoms with van der Waals surface area (Å²) in [5, 5.41) is 19.4. The number of hydrogen-bond acceptors (Lipinski definition) is 8. The molecule has 0 saturated carbocycles. The van der Waals surface area contributed by atoms with Crippen molar-refractivity contribution in [2.24, 2.45) is 5.92 Å². The minimum atomic E-state index is -0.457. The third-order valence-electron chi connectivity index (χ3n) is 7.55. The standard InChI is InChI=1S/C31H41N5O6/c1-19-15-36(20(2)18-37)29(38)14-24-13-25(32-31(39)33-30-21(3)34-42-22(30)4)9-12-27(24)41-28(19)17-35(5)16-23-7-10-26(40-6)11-8-23/h7-13,19-20,28,37H,14-18H2,1-6H3,(H2,32,33,39)/t19-,20-,28-/m0/s1. The monoisotopic (exact) mass is 579 g/mol. The molecular weight excluding hydrogens is 538 g/mol. The zero-order valence-corrected chi connectivity index (χ0v) is 25.1. The Morgan fingerprint density at radius 3 is 2.60 bits per heavy atom. The molecule has 1 aromatic heterocycles. The molecule has 3 aromatic rings. The Hall–Kier alpha value is -4.09. The molecule has 1 aliphatic heterocycles. The Labute approximate surface area is 246 Å². The van der Waals surface area contributed by atoms with E-state index in [0.717, 1.165) is 11.3 Å². The number of likely N-dealkylation sites (N-methyl/N-ethyl adjacent to an activating group) is 1. The van der Waals surface area contributed by atoms with Gasteiger partial charge < -0.3 is 34.6 Å². The number of rotatable bonds is 9. The number of urea groups is 1. The van der Waals surface area contributed by atoms with Crippen LogP contribution in [0.5, 0.6) is 11.5 Å². The molecule has 0 spiro atoms. The number of amides is 3. The zero-order valence-electron chi connectivity index (χ0n) is 25.1. The number of carbonyl (C=O) groups is 2. The number of carbonyl (C=O) groups excluding carboxylic acids is 2. The van der Waals surface area contributed by atoms with E-state index in [1.54, 1.807) is 44.1 Å². The minimum Gasteiger partial charge on any atom is -0.497 e. The first-order chi connectivity index (χ1) is 20.1. The molecule has 0 radical (unpaired) electrons. The number of aryl methyl sites for hydroxylation is 2.